The van der Waals surface area contributed by atoms with Crippen LogP contribution in [0, 0.1) is 0 Å². The number of hydrogen-bond acceptors (Lipinski definition) is 4. The molecule has 0 saturated heterocycles. The van der Waals surface area contributed by atoms with Crippen molar-refractivity contribution >= 4 is 34.8 Å². The van der Waals surface area contributed by atoms with Gasteiger partial charge in [0.05, 0.1) is 11.1 Å². The maximum atomic E-state index is 12.0. The van der Waals surface area contributed by atoms with Crippen LogP contribution < -0.4 is 5.32 Å². The number of rotatable bonds is 3. The smallest absolute Gasteiger partial charge is 0.408 e. The average molecular weight is 290 g/mol. The minimum atomic E-state index is -0.674. The zero-order valence-corrected chi connectivity index (χ0v) is 12.3. The number of thiophene rings is 1. The first-order chi connectivity index (χ1) is 8.20. The molecule has 100 valence electrons. The summed E-state index contributed by atoms with van der Waals surface area (Å²) in [7, 11) is 0. The van der Waals surface area contributed by atoms with Crippen LogP contribution in [0.1, 0.15) is 38.1 Å². The molecule has 6 heteroatoms. The van der Waals surface area contributed by atoms with Crippen molar-refractivity contribution in [3.63, 3.8) is 0 Å². The summed E-state index contributed by atoms with van der Waals surface area (Å²) >= 11 is 7.21. The fraction of sp³-hybridized carbons (Fsp3) is 0.500. The monoisotopic (exact) mass is 289 g/mol. The summed E-state index contributed by atoms with van der Waals surface area (Å²) in [6.45, 7) is 6.87. The highest BCUT2D eigenvalue weighted by molar-refractivity contribution is 7.08. The van der Waals surface area contributed by atoms with Crippen molar-refractivity contribution in [2.45, 2.75) is 39.3 Å². The van der Waals surface area contributed by atoms with Gasteiger partial charge in [0.15, 0.2) is 5.78 Å². The number of carbonyl (C=O) groups excluding carboxylic acids is 2. The number of carbonyl (C=O) groups is 2. The lowest BCUT2D eigenvalue weighted by atomic mass is 10.1. The molecule has 18 heavy (non-hydrogen) atoms. The fourth-order valence-electron chi connectivity index (χ4n) is 1.24. The number of ether oxygens (including phenoxy) is 1. The Morgan fingerprint density at radius 3 is 2.44 bits per heavy atom. The molecule has 1 aromatic rings. The van der Waals surface area contributed by atoms with Gasteiger partial charge in [-0.25, -0.2) is 4.79 Å². The van der Waals surface area contributed by atoms with Gasteiger partial charge >= 0.3 is 6.09 Å². The zero-order valence-electron chi connectivity index (χ0n) is 10.7. The van der Waals surface area contributed by atoms with Crippen LogP contribution in [0.3, 0.4) is 0 Å². The van der Waals surface area contributed by atoms with E-state index >= 15 is 0 Å². The largest absolute Gasteiger partial charge is 0.444 e. The summed E-state index contributed by atoms with van der Waals surface area (Å²) in [5.41, 5.74) is -0.169. The standard InChI is InChI=1S/C12H16ClNO3S/c1-7(14-11(16)17-12(2,3)4)10(15)8-5-18-6-9(8)13/h5-7H,1-4H3,(H,14,16). The summed E-state index contributed by atoms with van der Waals surface area (Å²) in [5, 5.41) is 6.23. The van der Waals surface area contributed by atoms with E-state index in [0.29, 0.717) is 10.6 Å². The van der Waals surface area contributed by atoms with Crippen LogP contribution >= 0.6 is 22.9 Å². The topological polar surface area (TPSA) is 55.4 Å². The predicted octanol–water partition coefficient (Wildman–Crippen LogP) is 3.50. The first-order valence-electron chi connectivity index (χ1n) is 5.46. The van der Waals surface area contributed by atoms with Gasteiger partial charge in [0, 0.05) is 16.3 Å². The number of Topliss-reactive ketones (excluding diaryl/α,β-unsaturated/α-hetero) is 1. The van der Waals surface area contributed by atoms with Gasteiger partial charge < -0.3 is 10.1 Å². The Hall–Kier alpha value is -1.07. The van der Waals surface area contributed by atoms with Gasteiger partial charge in [0.2, 0.25) is 0 Å². The molecule has 1 rings (SSSR count). The summed E-state index contributed by atoms with van der Waals surface area (Å²) in [6.07, 6.45) is -0.616. The van der Waals surface area contributed by atoms with Gasteiger partial charge in [0.1, 0.15) is 5.60 Å². The highest BCUT2D eigenvalue weighted by Gasteiger charge is 2.23. The molecule has 1 unspecified atom stereocenters. The molecule has 1 N–H and O–H groups in total. The fourth-order valence-corrected chi connectivity index (χ4v) is 2.30. The maximum absolute atomic E-state index is 12.0. The first kappa shape index (κ1) is 15.0. The van der Waals surface area contributed by atoms with E-state index in [4.69, 9.17) is 16.3 Å². The summed E-state index contributed by atoms with van der Waals surface area (Å²) in [4.78, 5) is 23.5. The third-order valence-electron chi connectivity index (χ3n) is 2.01. The van der Waals surface area contributed by atoms with E-state index in [1.54, 1.807) is 38.5 Å². The quantitative estimate of drug-likeness (QED) is 0.867. The van der Waals surface area contributed by atoms with Gasteiger partial charge in [-0.2, -0.15) is 11.3 Å². The number of halogens is 1. The van der Waals surface area contributed by atoms with E-state index in [1.807, 2.05) is 0 Å². The van der Waals surface area contributed by atoms with Crippen LogP contribution in [0.5, 0.6) is 0 Å². The van der Waals surface area contributed by atoms with Crippen LogP contribution in [-0.4, -0.2) is 23.5 Å². The second-order valence-electron chi connectivity index (χ2n) is 4.87. The van der Waals surface area contributed by atoms with Crippen molar-refractivity contribution in [2.24, 2.45) is 0 Å². The van der Waals surface area contributed by atoms with E-state index in [2.05, 4.69) is 5.32 Å². The Bertz CT molecular complexity index is 450. The molecule has 0 aliphatic rings. The normalized spacial score (nSPS) is 12.9. The van der Waals surface area contributed by atoms with E-state index in [1.165, 1.54) is 11.3 Å². The molecule has 0 saturated carbocycles. The molecule has 0 spiro atoms. The molecular formula is C12H16ClNO3S. The molecule has 1 amide bonds. The Kier molecular flexibility index (Phi) is 4.76. The van der Waals surface area contributed by atoms with Crippen molar-refractivity contribution < 1.29 is 14.3 Å². The van der Waals surface area contributed by atoms with Gasteiger partial charge in [-0.1, -0.05) is 11.6 Å². The lowest BCUT2D eigenvalue weighted by molar-refractivity contribution is 0.0497. The molecule has 1 heterocycles. The minimum absolute atomic E-state index is 0.230. The molecular weight excluding hydrogens is 274 g/mol. The van der Waals surface area contributed by atoms with Crippen molar-refractivity contribution in [1.29, 1.82) is 0 Å². The Labute approximate surface area is 115 Å². The molecule has 0 aromatic carbocycles. The minimum Gasteiger partial charge on any atom is -0.444 e. The lowest BCUT2D eigenvalue weighted by Crippen LogP contribution is -2.41. The Morgan fingerprint density at radius 2 is 2.00 bits per heavy atom. The number of hydrogen-bond donors (Lipinski definition) is 1. The molecule has 1 aromatic heterocycles. The molecule has 0 radical (unpaired) electrons. The second-order valence-corrected chi connectivity index (χ2v) is 6.02. The van der Waals surface area contributed by atoms with Crippen molar-refractivity contribution in [1.82, 2.24) is 5.32 Å². The predicted molar refractivity (Wildman–Crippen MR) is 72.5 cm³/mol. The van der Waals surface area contributed by atoms with Crippen LogP contribution in [0.4, 0.5) is 4.79 Å². The molecule has 1 atom stereocenters. The van der Waals surface area contributed by atoms with Crippen molar-refractivity contribution in [3.8, 4) is 0 Å². The van der Waals surface area contributed by atoms with E-state index in [0.717, 1.165) is 0 Å². The van der Waals surface area contributed by atoms with Gasteiger partial charge in [0.25, 0.3) is 0 Å². The molecule has 0 bridgehead atoms. The Morgan fingerprint density at radius 1 is 1.39 bits per heavy atom. The zero-order chi connectivity index (χ0) is 13.9. The van der Waals surface area contributed by atoms with Crippen molar-refractivity contribution in [3.05, 3.63) is 21.3 Å². The summed E-state index contributed by atoms with van der Waals surface area (Å²) < 4.78 is 5.07. The van der Waals surface area contributed by atoms with Crippen LogP contribution in [0.2, 0.25) is 5.02 Å². The van der Waals surface area contributed by atoms with Gasteiger partial charge in [-0.3, -0.25) is 4.79 Å². The average Bonchev–Trinajstić information content (AvgIpc) is 2.60. The number of alkyl carbamates (subject to hydrolysis) is 1. The van der Waals surface area contributed by atoms with Crippen molar-refractivity contribution in [2.75, 3.05) is 0 Å². The Balaban J connectivity index is 2.61. The van der Waals surface area contributed by atoms with E-state index in [-0.39, 0.29) is 5.78 Å². The van der Waals surface area contributed by atoms with E-state index in [9.17, 15) is 9.59 Å². The van der Waals surface area contributed by atoms with Crippen LogP contribution in [0.25, 0.3) is 0 Å². The SMILES string of the molecule is CC(NC(=O)OC(C)(C)C)C(=O)c1cscc1Cl. The number of nitrogens with one attached hydrogen (secondary N) is 1. The molecule has 0 fully saturated rings. The molecule has 0 aliphatic carbocycles. The summed E-state index contributed by atoms with van der Waals surface area (Å²) in [6, 6.07) is -0.674. The van der Waals surface area contributed by atoms with Gasteiger partial charge in [-0.05, 0) is 27.7 Å². The molecule has 0 aliphatic heterocycles. The molecule has 4 nitrogen and oxygen atoms in total. The number of amides is 1. The van der Waals surface area contributed by atoms with Gasteiger partial charge in [-0.15, -0.1) is 0 Å². The first-order valence-corrected chi connectivity index (χ1v) is 6.78. The third kappa shape index (κ3) is 4.31. The van der Waals surface area contributed by atoms with Crippen LogP contribution in [-0.2, 0) is 4.74 Å². The highest BCUT2D eigenvalue weighted by Crippen LogP contribution is 2.22. The van der Waals surface area contributed by atoms with Crippen LogP contribution in [0.15, 0.2) is 10.8 Å². The second kappa shape index (κ2) is 5.71. The van der Waals surface area contributed by atoms with E-state index < -0.39 is 17.7 Å². The highest BCUT2D eigenvalue weighted by atomic mass is 35.5. The lowest BCUT2D eigenvalue weighted by Gasteiger charge is -2.21. The maximum Gasteiger partial charge on any atom is 0.408 e. The third-order valence-corrected chi connectivity index (χ3v) is 3.19. The summed E-state index contributed by atoms with van der Waals surface area (Å²) in [5.74, 6) is -0.230. The number of ketones is 1.